The van der Waals surface area contributed by atoms with E-state index in [9.17, 15) is 13.6 Å². The van der Waals surface area contributed by atoms with Gasteiger partial charge < -0.3 is 9.88 Å². The first-order valence-electron chi connectivity index (χ1n) is 10.6. The minimum atomic E-state index is -2.43. The predicted molar refractivity (Wildman–Crippen MR) is 132 cm³/mol. The number of halogens is 2. The average Bonchev–Trinajstić information content (AvgIpc) is 3.34. The molecule has 2 aromatic heterocycles. The number of thiazole rings is 1. The van der Waals surface area contributed by atoms with Gasteiger partial charge in [-0.15, -0.1) is 0 Å². The SMILES string of the molecule is C=C/C=C\C(C#Cc1sc(NC(=O)NCCc2cn(CC(F)F)cn2)nc1C)=C/C.CCC. The number of imidazole rings is 1. The normalized spacial score (nSPS) is 10.9. The van der Waals surface area contributed by atoms with Gasteiger partial charge in [0.25, 0.3) is 6.43 Å². The highest BCUT2D eigenvalue weighted by atomic mass is 32.1. The van der Waals surface area contributed by atoms with Crippen LogP contribution in [0.4, 0.5) is 18.7 Å². The molecule has 33 heavy (non-hydrogen) atoms. The quantitative estimate of drug-likeness (QED) is 0.378. The lowest BCUT2D eigenvalue weighted by molar-refractivity contribution is 0.126. The molecule has 2 rings (SSSR count). The molecule has 2 amide bonds. The van der Waals surface area contributed by atoms with E-state index >= 15 is 0 Å². The number of allylic oxidation sites excluding steroid dienone is 5. The summed E-state index contributed by atoms with van der Waals surface area (Å²) in [6, 6.07) is -0.404. The summed E-state index contributed by atoms with van der Waals surface area (Å²) < 4.78 is 26.0. The summed E-state index contributed by atoms with van der Waals surface area (Å²) in [5.41, 5.74) is 2.21. The van der Waals surface area contributed by atoms with Crippen molar-refractivity contribution >= 4 is 22.5 Å². The standard InChI is InChI=1S/C21H23F2N5OS.C3H8/c1-4-6-7-16(5-2)8-9-18-15(3)26-21(30-18)27-20(29)24-11-10-17-12-28(14-25-17)13-19(22)23;1-3-2/h4-7,12,14,19H,1,10-11,13H2,2-3H3,(H2,24,26,27,29);3H2,1-2H3/b7-6-,16-5+;. The van der Waals surface area contributed by atoms with Gasteiger partial charge in [0.15, 0.2) is 5.13 Å². The highest BCUT2D eigenvalue weighted by Crippen LogP contribution is 2.21. The summed E-state index contributed by atoms with van der Waals surface area (Å²) in [5, 5.41) is 5.82. The Kier molecular flexibility index (Phi) is 13.1. The number of aryl methyl sites for hydroxylation is 1. The lowest BCUT2D eigenvalue weighted by Crippen LogP contribution is -2.30. The molecule has 9 heteroatoms. The van der Waals surface area contributed by atoms with Crippen LogP contribution >= 0.6 is 11.3 Å². The van der Waals surface area contributed by atoms with Crippen molar-refractivity contribution in [1.29, 1.82) is 0 Å². The molecule has 6 nitrogen and oxygen atoms in total. The smallest absolute Gasteiger partial charge is 0.321 e. The number of alkyl halides is 2. The molecule has 178 valence electrons. The van der Waals surface area contributed by atoms with Crippen molar-refractivity contribution in [2.75, 3.05) is 11.9 Å². The van der Waals surface area contributed by atoms with E-state index in [0.717, 1.165) is 16.1 Å². The average molecular weight is 476 g/mol. The minimum absolute atomic E-state index is 0.314. The second-order valence-corrected chi connectivity index (χ2v) is 7.81. The van der Waals surface area contributed by atoms with E-state index in [4.69, 9.17) is 0 Å². The number of carbonyl (C=O) groups is 1. The van der Waals surface area contributed by atoms with Gasteiger partial charge in [-0.05, 0) is 25.8 Å². The Bertz CT molecular complexity index is 1010. The molecule has 0 fully saturated rings. The first-order chi connectivity index (χ1) is 15.8. The van der Waals surface area contributed by atoms with Crippen LogP contribution in [0.25, 0.3) is 0 Å². The maximum Gasteiger partial charge on any atom is 0.321 e. The molecule has 2 aromatic rings. The molecule has 2 N–H and O–H groups in total. The molecule has 0 unspecified atom stereocenters. The van der Waals surface area contributed by atoms with Crippen molar-refractivity contribution in [3.05, 3.63) is 65.2 Å². The second-order valence-electron chi connectivity index (χ2n) is 6.81. The minimum Gasteiger partial charge on any atom is -0.337 e. The van der Waals surface area contributed by atoms with E-state index in [1.807, 2.05) is 32.1 Å². The number of amides is 2. The molecule has 0 atom stereocenters. The zero-order chi connectivity index (χ0) is 24.6. The Balaban J connectivity index is 0.00000172. The van der Waals surface area contributed by atoms with Crippen molar-refractivity contribution in [2.24, 2.45) is 0 Å². The fraction of sp³-hybridized carbons (Fsp3) is 0.375. The Morgan fingerprint density at radius 3 is 2.76 bits per heavy atom. The number of hydrogen-bond acceptors (Lipinski definition) is 4. The van der Waals surface area contributed by atoms with Crippen molar-refractivity contribution in [2.45, 2.75) is 53.5 Å². The molecule has 0 bridgehead atoms. The third-order valence-electron chi connectivity index (χ3n) is 3.76. The second kappa shape index (κ2) is 15.5. The van der Waals surface area contributed by atoms with E-state index in [1.165, 1.54) is 28.7 Å². The summed E-state index contributed by atoms with van der Waals surface area (Å²) in [5.74, 6) is 6.12. The van der Waals surface area contributed by atoms with Gasteiger partial charge >= 0.3 is 6.03 Å². The molecule has 0 aromatic carbocycles. The van der Waals surface area contributed by atoms with Crippen LogP contribution in [0.1, 0.15) is 43.5 Å². The van der Waals surface area contributed by atoms with Crippen LogP contribution in [0.2, 0.25) is 0 Å². The topological polar surface area (TPSA) is 71.8 Å². The molecule has 0 saturated heterocycles. The van der Waals surface area contributed by atoms with Gasteiger partial charge in [-0.3, -0.25) is 5.32 Å². The van der Waals surface area contributed by atoms with E-state index in [0.29, 0.717) is 23.8 Å². The number of urea groups is 1. The van der Waals surface area contributed by atoms with Gasteiger partial charge in [0.2, 0.25) is 0 Å². The fourth-order valence-electron chi connectivity index (χ4n) is 2.32. The number of carbonyl (C=O) groups excluding carboxylic acids is 1. The number of aromatic nitrogens is 3. The lowest BCUT2D eigenvalue weighted by Gasteiger charge is -2.04. The monoisotopic (exact) mass is 475 g/mol. The van der Waals surface area contributed by atoms with Gasteiger partial charge in [0.1, 0.15) is 4.88 Å². The largest absolute Gasteiger partial charge is 0.337 e. The van der Waals surface area contributed by atoms with Crippen molar-refractivity contribution in [3.8, 4) is 11.8 Å². The van der Waals surface area contributed by atoms with Crippen LogP contribution in [0.3, 0.4) is 0 Å². The maximum atomic E-state index is 12.3. The van der Waals surface area contributed by atoms with Gasteiger partial charge in [-0.25, -0.2) is 23.5 Å². The number of hydrogen-bond donors (Lipinski definition) is 2. The highest BCUT2D eigenvalue weighted by molar-refractivity contribution is 7.16. The summed E-state index contributed by atoms with van der Waals surface area (Å²) in [6.45, 7) is 11.5. The summed E-state index contributed by atoms with van der Waals surface area (Å²) >= 11 is 1.29. The van der Waals surface area contributed by atoms with Gasteiger partial charge in [-0.2, -0.15) is 0 Å². The molecule has 0 aliphatic carbocycles. The molecular formula is C24H31F2N5OS. The third-order valence-corrected chi connectivity index (χ3v) is 4.75. The zero-order valence-corrected chi connectivity index (χ0v) is 20.3. The van der Waals surface area contributed by atoms with Crippen LogP contribution in [0.15, 0.2) is 49.0 Å². The first kappa shape index (κ1) is 27.8. The van der Waals surface area contributed by atoms with E-state index < -0.39 is 19.0 Å². The fourth-order valence-corrected chi connectivity index (χ4v) is 3.13. The summed E-state index contributed by atoms with van der Waals surface area (Å²) in [4.78, 5) is 21.2. The summed E-state index contributed by atoms with van der Waals surface area (Å²) in [7, 11) is 0. The Morgan fingerprint density at radius 2 is 2.12 bits per heavy atom. The molecular weight excluding hydrogens is 444 g/mol. The number of rotatable bonds is 8. The predicted octanol–water partition coefficient (Wildman–Crippen LogP) is 5.73. The van der Waals surface area contributed by atoms with Crippen LogP contribution < -0.4 is 10.6 Å². The van der Waals surface area contributed by atoms with Gasteiger partial charge in [-0.1, -0.05) is 62.3 Å². The number of nitrogens with one attached hydrogen (secondary N) is 2. The maximum absolute atomic E-state index is 12.3. The van der Waals surface area contributed by atoms with Gasteiger partial charge in [0, 0.05) is 24.7 Å². The van der Waals surface area contributed by atoms with Crippen LogP contribution in [0.5, 0.6) is 0 Å². The Labute approximate surface area is 198 Å². The molecule has 0 aliphatic rings. The third kappa shape index (κ3) is 11.3. The van der Waals surface area contributed by atoms with Crippen LogP contribution in [0, 0.1) is 18.8 Å². The van der Waals surface area contributed by atoms with E-state index in [-0.39, 0.29) is 0 Å². The number of nitrogens with zero attached hydrogens (tertiary/aromatic N) is 3. The zero-order valence-electron chi connectivity index (χ0n) is 19.5. The lowest BCUT2D eigenvalue weighted by atomic mass is 10.2. The van der Waals surface area contributed by atoms with E-state index in [1.54, 1.807) is 12.3 Å². The Morgan fingerprint density at radius 1 is 1.39 bits per heavy atom. The van der Waals surface area contributed by atoms with E-state index in [2.05, 4.69) is 52.9 Å². The van der Waals surface area contributed by atoms with Crippen molar-refractivity contribution in [3.63, 3.8) is 0 Å². The van der Waals surface area contributed by atoms with Gasteiger partial charge in [0.05, 0.1) is 24.3 Å². The van der Waals surface area contributed by atoms with Crippen LogP contribution in [-0.4, -0.2) is 33.5 Å². The number of anilines is 1. The molecule has 0 spiro atoms. The Hall–Kier alpha value is -3.25. The first-order valence-corrected chi connectivity index (χ1v) is 11.4. The highest BCUT2D eigenvalue weighted by Gasteiger charge is 2.10. The molecule has 0 saturated carbocycles. The van der Waals surface area contributed by atoms with Crippen molar-refractivity contribution in [1.82, 2.24) is 19.9 Å². The molecule has 2 heterocycles. The molecule has 0 aliphatic heterocycles. The summed E-state index contributed by atoms with van der Waals surface area (Å²) in [6.07, 6.45) is 9.40. The van der Waals surface area contributed by atoms with Crippen LogP contribution in [-0.2, 0) is 13.0 Å². The van der Waals surface area contributed by atoms with Crippen molar-refractivity contribution < 1.29 is 13.6 Å². The molecule has 0 radical (unpaired) electrons.